The Kier molecular flexibility index (Phi) is 3.57. The second kappa shape index (κ2) is 5.31. The molecule has 4 nitrogen and oxygen atoms in total. The molecule has 2 rings (SSSR count). The Labute approximate surface area is 101 Å². The van der Waals surface area contributed by atoms with Crippen LogP contribution in [-0.2, 0) is 6.61 Å². The van der Waals surface area contributed by atoms with Gasteiger partial charge in [-0.15, -0.1) is 0 Å². The maximum absolute atomic E-state index is 13.4. The summed E-state index contributed by atoms with van der Waals surface area (Å²) in [5.41, 5.74) is -0.0895. The average molecular weight is 250 g/mol. The van der Waals surface area contributed by atoms with Crippen molar-refractivity contribution in [2.75, 3.05) is 0 Å². The lowest BCUT2D eigenvalue weighted by Crippen LogP contribution is -2.04. The highest BCUT2D eigenvalue weighted by atomic mass is 19.1. The molecule has 0 spiro atoms. The van der Waals surface area contributed by atoms with E-state index in [-0.39, 0.29) is 12.2 Å². The number of carbonyl (C=O) groups is 1. The normalized spacial score (nSPS) is 10.1. The lowest BCUT2D eigenvalue weighted by Gasteiger charge is -2.07. The van der Waals surface area contributed by atoms with Gasteiger partial charge in [-0.05, 0) is 18.2 Å². The average Bonchev–Trinajstić information content (AvgIpc) is 2.38. The Morgan fingerprint density at radius 2 is 1.78 bits per heavy atom. The molecule has 1 aromatic heterocycles. The predicted molar refractivity (Wildman–Crippen MR) is 58.1 cm³/mol. The maximum Gasteiger partial charge on any atom is 0.191 e. The summed E-state index contributed by atoms with van der Waals surface area (Å²) in [5, 5.41) is 0. The fraction of sp³-hybridized carbons (Fsp3) is 0.0833. The van der Waals surface area contributed by atoms with Gasteiger partial charge in [0.2, 0.25) is 0 Å². The molecule has 92 valence electrons. The first kappa shape index (κ1) is 12.1. The van der Waals surface area contributed by atoms with Gasteiger partial charge in [-0.3, -0.25) is 4.79 Å². The summed E-state index contributed by atoms with van der Waals surface area (Å²) in [6.45, 7) is -0.158. The lowest BCUT2D eigenvalue weighted by atomic mass is 10.2. The number of hydrogen-bond acceptors (Lipinski definition) is 4. The van der Waals surface area contributed by atoms with Gasteiger partial charge in [-0.2, -0.15) is 0 Å². The monoisotopic (exact) mass is 250 g/mol. The molecule has 0 amide bonds. The highest BCUT2D eigenvalue weighted by Gasteiger charge is 2.13. The van der Waals surface area contributed by atoms with Gasteiger partial charge in [-0.25, -0.2) is 18.7 Å². The van der Waals surface area contributed by atoms with Crippen molar-refractivity contribution in [3.05, 3.63) is 53.6 Å². The third-order valence-electron chi connectivity index (χ3n) is 2.12. The van der Waals surface area contributed by atoms with Crippen molar-refractivity contribution in [3.8, 4) is 5.75 Å². The van der Waals surface area contributed by atoms with E-state index in [4.69, 9.17) is 4.74 Å². The van der Waals surface area contributed by atoms with Crippen molar-refractivity contribution < 1.29 is 18.3 Å². The van der Waals surface area contributed by atoms with E-state index >= 15 is 0 Å². The fourth-order valence-electron chi connectivity index (χ4n) is 1.33. The minimum Gasteiger partial charge on any atom is -0.479 e. The molecule has 0 aliphatic carbocycles. The first-order valence-electron chi connectivity index (χ1n) is 5.03. The van der Waals surface area contributed by atoms with E-state index in [1.807, 2.05) is 0 Å². The molecule has 0 radical (unpaired) electrons. The number of benzene rings is 1. The molecule has 0 saturated heterocycles. The Balaban J connectivity index is 2.17. The quantitative estimate of drug-likeness (QED) is 0.780. The van der Waals surface area contributed by atoms with Gasteiger partial charge in [0.15, 0.2) is 23.2 Å². The molecular weight excluding hydrogens is 242 g/mol. The van der Waals surface area contributed by atoms with Crippen LogP contribution in [0.3, 0.4) is 0 Å². The van der Waals surface area contributed by atoms with Gasteiger partial charge in [0.1, 0.15) is 12.9 Å². The highest BCUT2D eigenvalue weighted by Crippen LogP contribution is 2.23. The van der Waals surface area contributed by atoms with E-state index in [1.165, 1.54) is 12.4 Å². The van der Waals surface area contributed by atoms with Gasteiger partial charge in [-0.1, -0.05) is 0 Å². The largest absolute Gasteiger partial charge is 0.479 e. The summed E-state index contributed by atoms with van der Waals surface area (Å²) in [4.78, 5) is 18.1. The molecule has 0 saturated carbocycles. The second-order valence-corrected chi connectivity index (χ2v) is 3.39. The number of ether oxygens (including phenoxy) is 1. The smallest absolute Gasteiger partial charge is 0.191 e. The molecule has 0 bridgehead atoms. The van der Waals surface area contributed by atoms with Crippen LogP contribution in [-0.4, -0.2) is 16.3 Å². The van der Waals surface area contributed by atoms with Crippen molar-refractivity contribution in [1.82, 2.24) is 9.97 Å². The summed E-state index contributed by atoms with van der Waals surface area (Å²) < 4.78 is 31.8. The number of hydrogen-bond donors (Lipinski definition) is 0. The number of halogens is 2. The van der Waals surface area contributed by atoms with Gasteiger partial charge in [0.05, 0.1) is 0 Å². The summed E-state index contributed by atoms with van der Waals surface area (Å²) in [6, 6.07) is 3.41. The van der Waals surface area contributed by atoms with Crippen LogP contribution < -0.4 is 4.74 Å². The molecule has 0 aliphatic rings. The van der Waals surface area contributed by atoms with Crippen LogP contribution in [0.5, 0.6) is 5.75 Å². The van der Waals surface area contributed by atoms with Crippen molar-refractivity contribution in [1.29, 1.82) is 0 Å². The zero-order valence-electron chi connectivity index (χ0n) is 9.14. The van der Waals surface area contributed by atoms with Crippen molar-refractivity contribution >= 4 is 6.29 Å². The van der Waals surface area contributed by atoms with Crippen LogP contribution in [0, 0.1) is 11.6 Å². The molecule has 6 heteroatoms. The summed E-state index contributed by atoms with van der Waals surface area (Å²) >= 11 is 0. The van der Waals surface area contributed by atoms with Crippen LogP contribution in [0.25, 0.3) is 0 Å². The lowest BCUT2D eigenvalue weighted by molar-refractivity contribution is 0.112. The van der Waals surface area contributed by atoms with E-state index in [1.54, 1.807) is 6.07 Å². The minimum absolute atomic E-state index is 0.0895. The maximum atomic E-state index is 13.4. The van der Waals surface area contributed by atoms with Crippen molar-refractivity contribution in [3.63, 3.8) is 0 Å². The predicted octanol–water partition coefficient (Wildman–Crippen LogP) is 2.15. The SMILES string of the molecule is O=Cc1cc(F)c(OCc2ncccn2)c(F)c1. The van der Waals surface area contributed by atoms with Gasteiger partial charge >= 0.3 is 0 Å². The molecule has 0 unspecified atom stereocenters. The molecule has 0 N–H and O–H groups in total. The van der Waals surface area contributed by atoms with Crippen molar-refractivity contribution in [2.45, 2.75) is 6.61 Å². The van der Waals surface area contributed by atoms with Gasteiger partial charge < -0.3 is 4.74 Å². The summed E-state index contributed by atoms with van der Waals surface area (Å²) in [6.07, 6.45) is 3.35. The van der Waals surface area contributed by atoms with Gasteiger partial charge in [0, 0.05) is 18.0 Å². The molecule has 1 aromatic carbocycles. The Bertz CT molecular complexity index is 538. The third-order valence-corrected chi connectivity index (χ3v) is 2.12. The van der Waals surface area contributed by atoms with Crippen LogP contribution in [0.15, 0.2) is 30.6 Å². The number of aromatic nitrogens is 2. The standard InChI is InChI=1S/C12H8F2N2O2/c13-9-4-8(6-17)5-10(14)12(9)18-7-11-15-2-1-3-16-11/h1-6H,7H2. The van der Waals surface area contributed by atoms with E-state index < -0.39 is 17.4 Å². The number of carbonyl (C=O) groups excluding carboxylic acids is 1. The fourth-order valence-corrected chi connectivity index (χ4v) is 1.33. The zero-order valence-corrected chi connectivity index (χ0v) is 9.14. The van der Waals surface area contributed by atoms with Crippen LogP contribution in [0.1, 0.15) is 16.2 Å². The van der Waals surface area contributed by atoms with E-state index in [0.29, 0.717) is 12.1 Å². The topological polar surface area (TPSA) is 52.1 Å². The highest BCUT2D eigenvalue weighted by molar-refractivity contribution is 5.75. The summed E-state index contributed by atoms with van der Waals surface area (Å²) in [7, 11) is 0. The first-order valence-corrected chi connectivity index (χ1v) is 5.03. The molecule has 0 fully saturated rings. The van der Waals surface area contributed by atoms with E-state index in [2.05, 4.69) is 9.97 Å². The molecular formula is C12H8F2N2O2. The summed E-state index contributed by atoms with van der Waals surface area (Å²) in [5.74, 6) is -2.12. The minimum atomic E-state index is -0.937. The van der Waals surface area contributed by atoms with E-state index in [9.17, 15) is 13.6 Å². The van der Waals surface area contributed by atoms with Crippen LogP contribution >= 0.6 is 0 Å². The first-order chi connectivity index (χ1) is 8.70. The molecule has 1 heterocycles. The number of rotatable bonds is 4. The molecule has 0 atom stereocenters. The second-order valence-electron chi connectivity index (χ2n) is 3.39. The van der Waals surface area contributed by atoms with Crippen LogP contribution in [0.4, 0.5) is 8.78 Å². The molecule has 0 aliphatic heterocycles. The Morgan fingerprint density at radius 1 is 1.17 bits per heavy atom. The van der Waals surface area contributed by atoms with Gasteiger partial charge in [0.25, 0.3) is 0 Å². The third kappa shape index (κ3) is 2.65. The van der Waals surface area contributed by atoms with Crippen LogP contribution in [0.2, 0.25) is 0 Å². The Hall–Kier alpha value is -2.37. The molecule has 18 heavy (non-hydrogen) atoms. The number of nitrogens with zero attached hydrogens (tertiary/aromatic N) is 2. The van der Waals surface area contributed by atoms with Crippen molar-refractivity contribution in [2.24, 2.45) is 0 Å². The molecule has 2 aromatic rings. The van der Waals surface area contributed by atoms with E-state index in [0.717, 1.165) is 12.1 Å². The number of aldehydes is 1. The Morgan fingerprint density at radius 3 is 2.33 bits per heavy atom. The zero-order chi connectivity index (χ0) is 13.0.